The number of hydrogen-bond donors (Lipinski definition) is 2. The first-order chi connectivity index (χ1) is 16.0. The van der Waals surface area contributed by atoms with E-state index in [1.807, 2.05) is 41.8 Å². The van der Waals surface area contributed by atoms with E-state index in [1.165, 1.54) is 22.5 Å². The van der Waals surface area contributed by atoms with Gasteiger partial charge in [0, 0.05) is 17.3 Å². The zero-order valence-electron chi connectivity index (χ0n) is 18.2. The summed E-state index contributed by atoms with van der Waals surface area (Å²) in [6.45, 7) is 2.08. The predicted molar refractivity (Wildman–Crippen MR) is 128 cm³/mol. The van der Waals surface area contributed by atoms with Gasteiger partial charge >= 0.3 is 12.1 Å². The Hall–Kier alpha value is -2.88. The number of carboxylic acids is 1. The van der Waals surface area contributed by atoms with E-state index in [4.69, 9.17) is 21.5 Å². The van der Waals surface area contributed by atoms with Gasteiger partial charge in [0.15, 0.2) is 0 Å². The van der Waals surface area contributed by atoms with E-state index < -0.39 is 12.1 Å². The molecule has 0 radical (unpaired) electrons. The van der Waals surface area contributed by atoms with Gasteiger partial charge < -0.3 is 15.3 Å². The van der Waals surface area contributed by atoms with E-state index in [2.05, 4.69) is 29.4 Å². The number of fused-ring (bicyclic) bond motifs is 1. The van der Waals surface area contributed by atoms with Crippen molar-refractivity contribution in [1.82, 2.24) is 4.90 Å². The summed E-state index contributed by atoms with van der Waals surface area (Å²) in [6, 6.07) is 15.9. The third-order valence-corrected chi connectivity index (χ3v) is 6.31. The first-order valence-corrected chi connectivity index (χ1v) is 11.5. The number of aryl methyl sites for hydroxylation is 1. The first-order valence-electron chi connectivity index (χ1n) is 10.3. The molecule has 1 aliphatic rings. The molecule has 0 bridgehead atoms. The van der Waals surface area contributed by atoms with Crippen LogP contribution in [0.1, 0.15) is 27.2 Å². The minimum Gasteiger partial charge on any atom is -0.475 e. The molecule has 180 valence electrons. The molecule has 0 atom stereocenters. The number of amides is 1. The highest BCUT2D eigenvalue weighted by molar-refractivity contribution is 7.12. The van der Waals surface area contributed by atoms with Crippen molar-refractivity contribution in [3.8, 4) is 11.1 Å². The van der Waals surface area contributed by atoms with Crippen LogP contribution in [0.3, 0.4) is 0 Å². The Kier molecular flexibility index (Phi) is 8.35. The number of anilines is 1. The number of aliphatic carboxylic acids is 1. The number of hydrogen-bond acceptors (Lipinski definition) is 4. The third kappa shape index (κ3) is 7.06. The van der Waals surface area contributed by atoms with Gasteiger partial charge in [-0.1, -0.05) is 29.8 Å². The smallest absolute Gasteiger partial charge is 0.475 e. The van der Waals surface area contributed by atoms with E-state index >= 15 is 0 Å². The molecule has 2 aromatic carbocycles. The Morgan fingerprint density at radius 3 is 2.38 bits per heavy atom. The van der Waals surface area contributed by atoms with E-state index in [0.717, 1.165) is 42.7 Å². The second-order valence-corrected chi connectivity index (χ2v) is 9.14. The van der Waals surface area contributed by atoms with Gasteiger partial charge in [-0.05, 0) is 84.4 Å². The summed E-state index contributed by atoms with van der Waals surface area (Å²) in [5.74, 6) is -2.82. The molecule has 0 saturated carbocycles. The quantitative estimate of drug-likeness (QED) is 0.432. The third-order valence-electron chi connectivity index (χ3n) is 5.13. The maximum Gasteiger partial charge on any atom is 0.490 e. The lowest BCUT2D eigenvalue weighted by atomic mass is 10.0. The van der Waals surface area contributed by atoms with Gasteiger partial charge in [-0.3, -0.25) is 4.79 Å². The van der Waals surface area contributed by atoms with Crippen LogP contribution in [-0.2, 0) is 17.8 Å². The lowest BCUT2D eigenvalue weighted by Gasteiger charge is -2.14. The van der Waals surface area contributed by atoms with Gasteiger partial charge in [-0.2, -0.15) is 13.2 Å². The van der Waals surface area contributed by atoms with E-state index in [-0.39, 0.29) is 5.91 Å². The molecule has 0 saturated heterocycles. The Morgan fingerprint density at radius 2 is 1.74 bits per heavy atom. The summed E-state index contributed by atoms with van der Waals surface area (Å²) >= 11 is 7.41. The molecule has 2 N–H and O–H groups in total. The van der Waals surface area contributed by atoms with Crippen LogP contribution in [0, 0.1) is 0 Å². The standard InChI is InChI=1S/C22H21ClN2OS.C2HF3O2/c1-25-10-2-3-16-11-20(9-6-17(16)13-25)24-22(26)21-12-18(14-27-21)15-4-7-19(23)8-5-15;3-2(4,5)1(6)7/h4-9,11-12,14H,2-3,10,13H2,1H3,(H,24,26);(H,6,7). The van der Waals surface area contributed by atoms with Gasteiger partial charge in [0.2, 0.25) is 0 Å². The fraction of sp³-hybridized carbons (Fsp3) is 0.250. The van der Waals surface area contributed by atoms with Crippen molar-refractivity contribution in [2.24, 2.45) is 0 Å². The Labute approximate surface area is 203 Å². The Balaban J connectivity index is 0.000000406. The fourth-order valence-electron chi connectivity index (χ4n) is 3.44. The van der Waals surface area contributed by atoms with Gasteiger partial charge in [0.25, 0.3) is 5.91 Å². The van der Waals surface area contributed by atoms with Gasteiger partial charge in [0.05, 0.1) is 4.88 Å². The number of carbonyl (C=O) groups is 2. The van der Waals surface area contributed by atoms with Gasteiger partial charge in [0.1, 0.15) is 0 Å². The molecule has 10 heteroatoms. The molecule has 1 aliphatic heterocycles. The molecule has 34 heavy (non-hydrogen) atoms. The molecular weight excluding hydrogens is 489 g/mol. The summed E-state index contributed by atoms with van der Waals surface area (Å²) < 4.78 is 31.7. The fourth-order valence-corrected chi connectivity index (χ4v) is 4.38. The zero-order chi connectivity index (χ0) is 24.9. The van der Waals surface area contributed by atoms with Crippen LogP contribution in [0.15, 0.2) is 53.9 Å². The summed E-state index contributed by atoms with van der Waals surface area (Å²) in [4.78, 5) is 24.6. The largest absolute Gasteiger partial charge is 0.490 e. The van der Waals surface area contributed by atoms with Crippen LogP contribution in [-0.4, -0.2) is 41.7 Å². The molecule has 1 amide bonds. The van der Waals surface area contributed by atoms with Crippen LogP contribution in [0.2, 0.25) is 5.02 Å². The molecule has 5 nitrogen and oxygen atoms in total. The SMILES string of the molecule is CN1CCCc2cc(NC(=O)c3cc(-c4ccc(Cl)cc4)cs3)ccc2C1.O=C(O)C(F)(F)F. The number of halogens is 4. The maximum absolute atomic E-state index is 12.7. The molecule has 1 aromatic heterocycles. The van der Waals surface area contributed by atoms with Crippen molar-refractivity contribution < 1.29 is 27.9 Å². The van der Waals surface area contributed by atoms with Crippen LogP contribution in [0.4, 0.5) is 18.9 Å². The number of nitrogens with one attached hydrogen (secondary N) is 1. The highest BCUT2D eigenvalue weighted by atomic mass is 35.5. The van der Waals surface area contributed by atoms with Gasteiger partial charge in [-0.15, -0.1) is 11.3 Å². The second-order valence-electron chi connectivity index (χ2n) is 7.79. The normalized spacial score (nSPS) is 13.8. The van der Waals surface area contributed by atoms with Crippen molar-refractivity contribution in [2.45, 2.75) is 25.6 Å². The zero-order valence-corrected chi connectivity index (χ0v) is 19.7. The number of rotatable bonds is 3. The predicted octanol–water partition coefficient (Wildman–Crippen LogP) is 6.33. The molecule has 0 spiro atoms. The molecule has 3 aromatic rings. The van der Waals surface area contributed by atoms with E-state index in [9.17, 15) is 18.0 Å². The molecule has 4 rings (SSSR count). The summed E-state index contributed by atoms with van der Waals surface area (Å²) in [7, 11) is 2.15. The topological polar surface area (TPSA) is 69.6 Å². The maximum atomic E-state index is 12.7. The molecule has 0 aliphatic carbocycles. The average molecular weight is 511 g/mol. The van der Waals surface area contributed by atoms with E-state index in [1.54, 1.807) is 0 Å². The lowest BCUT2D eigenvalue weighted by Crippen LogP contribution is -2.21. The molecule has 2 heterocycles. The highest BCUT2D eigenvalue weighted by Crippen LogP contribution is 2.28. The van der Waals surface area contributed by atoms with Crippen molar-refractivity contribution in [3.05, 3.63) is 74.9 Å². The average Bonchev–Trinajstić information content (AvgIpc) is 3.18. The van der Waals surface area contributed by atoms with Crippen molar-refractivity contribution in [2.75, 3.05) is 18.9 Å². The highest BCUT2D eigenvalue weighted by Gasteiger charge is 2.38. The molecule has 0 fully saturated rings. The number of carbonyl (C=O) groups excluding carboxylic acids is 1. The van der Waals surface area contributed by atoms with Crippen molar-refractivity contribution in [3.63, 3.8) is 0 Å². The number of thiophene rings is 1. The Bertz CT molecular complexity index is 1160. The molecular formula is C24H22ClF3N2O3S. The van der Waals surface area contributed by atoms with Crippen molar-refractivity contribution in [1.29, 1.82) is 0 Å². The minimum atomic E-state index is -5.08. The second kappa shape index (κ2) is 11.0. The van der Waals surface area contributed by atoms with Crippen molar-refractivity contribution >= 4 is 40.5 Å². The van der Waals surface area contributed by atoms with Crippen LogP contribution in [0.25, 0.3) is 11.1 Å². The van der Waals surface area contributed by atoms with Crippen LogP contribution in [0.5, 0.6) is 0 Å². The van der Waals surface area contributed by atoms with Crippen LogP contribution >= 0.6 is 22.9 Å². The Morgan fingerprint density at radius 1 is 1.06 bits per heavy atom. The summed E-state index contributed by atoms with van der Waals surface area (Å²) in [5.41, 5.74) is 5.65. The first kappa shape index (κ1) is 25.7. The minimum absolute atomic E-state index is 0.0640. The van der Waals surface area contributed by atoms with Gasteiger partial charge in [-0.25, -0.2) is 4.79 Å². The lowest BCUT2D eigenvalue weighted by molar-refractivity contribution is -0.192. The summed E-state index contributed by atoms with van der Waals surface area (Å²) in [6.07, 6.45) is -2.88. The number of carboxylic acid groups (broad SMARTS) is 1. The molecule has 0 unspecified atom stereocenters. The number of benzene rings is 2. The van der Waals surface area contributed by atoms with E-state index in [0.29, 0.717) is 9.90 Å². The number of alkyl halides is 3. The number of nitrogens with zero attached hydrogens (tertiary/aromatic N) is 1. The summed E-state index contributed by atoms with van der Waals surface area (Å²) in [5, 5.41) is 12.9. The van der Waals surface area contributed by atoms with Crippen LogP contribution < -0.4 is 5.32 Å². The monoisotopic (exact) mass is 510 g/mol.